The van der Waals surface area contributed by atoms with Crippen molar-refractivity contribution >= 4 is 115 Å². The number of nitriles is 1. The molecule has 0 bridgehead atoms. The molecule has 3 aliphatic heterocycles. The first-order chi connectivity index (χ1) is 62.1. The van der Waals surface area contributed by atoms with Gasteiger partial charge in [-0.1, -0.05) is 167 Å². The number of esters is 4. The van der Waals surface area contributed by atoms with E-state index in [1.165, 1.54) is 71.7 Å². The van der Waals surface area contributed by atoms with Crippen LogP contribution in [0.5, 0.6) is 0 Å². The predicted octanol–water partition coefficient (Wildman–Crippen LogP) is 17.1. The van der Waals surface area contributed by atoms with Gasteiger partial charge in [-0.3, -0.25) is 24.0 Å². The number of aryl methyl sites for hydroxylation is 1. The number of nitrogens with one attached hydrogen (secondary N) is 3. The highest BCUT2D eigenvalue weighted by Crippen LogP contribution is 2.45. The van der Waals surface area contributed by atoms with Gasteiger partial charge in [0, 0.05) is 66.4 Å². The van der Waals surface area contributed by atoms with Crippen molar-refractivity contribution in [2.24, 2.45) is 5.73 Å². The molecule has 0 aromatic heterocycles. The molecule has 7 aromatic rings. The van der Waals surface area contributed by atoms with E-state index in [1.807, 2.05) is 112 Å². The number of methoxy groups -OCH3 is 4. The van der Waals surface area contributed by atoms with Crippen molar-refractivity contribution in [2.75, 3.05) is 93.6 Å². The highest BCUT2D eigenvalue weighted by atomic mass is 79.9. The number of carboxylic acid groups (broad SMARTS) is 1. The molecule has 16 rings (SSSR count). The van der Waals surface area contributed by atoms with E-state index in [-0.39, 0.29) is 64.8 Å². The van der Waals surface area contributed by atoms with E-state index >= 15 is 0 Å². The number of nitrogen functional groups attached to an aromatic ring is 1. The second-order valence-electron chi connectivity index (χ2n) is 33.8. The summed E-state index contributed by atoms with van der Waals surface area (Å²) in [6.07, 6.45) is 30.7. The zero-order chi connectivity index (χ0) is 93.6. The molecular weight excluding hydrogens is 1710 g/mol. The molecule has 690 valence electrons. The number of ketones is 1. The predicted molar refractivity (Wildman–Crippen MR) is 499 cm³/mol. The first kappa shape index (κ1) is 102. The number of benzene rings is 7. The van der Waals surface area contributed by atoms with Gasteiger partial charge in [0.05, 0.1) is 82.3 Å². The normalized spacial score (nSPS) is 17.9. The molecule has 9 fully saturated rings. The van der Waals surface area contributed by atoms with Crippen molar-refractivity contribution in [3.63, 3.8) is 0 Å². The SMILES string of the molecule is BrCc1ccccc1.CN1CN(c2ccc(C(=O)O)cc2)C2(CCCCC2)C1=O.COC(=O)c1ccc(N2CN(C)C(=O)C23CCCCC3)cc1.COC(=O)c1ccc(N2CNC(=O)C23CCCCC3)cc1.COC(=O)c1ccc(NC2(C#N)CCCCC2)cc1.COC(=O)c1ccc(NC2(C(N)=O)CCCCC2)cc1.Cc1ccc(N)cc1.O=C1CCCCC1.O=C=O. The highest BCUT2D eigenvalue weighted by Gasteiger charge is 2.54. The lowest BCUT2D eigenvalue weighted by molar-refractivity contribution is -0.192. The van der Waals surface area contributed by atoms with Gasteiger partial charge in [-0.2, -0.15) is 14.9 Å². The quantitative estimate of drug-likeness (QED) is 0.0255. The van der Waals surface area contributed by atoms with E-state index < -0.39 is 28.1 Å². The zero-order valence-corrected chi connectivity index (χ0v) is 77.1. The van der Waals surface area contributed by atoms with Crippen LogP contribution in [0.4, 0.5) is 34.1 Å². The molecule has 7 aromatic carbocycles. The largest absolute Gasteiger partial charge is 0.478 e. The first-order valence-corrected chi connectivity index (χ1v) is 45.6. The van der Waals surface area contributed by atoms with Gasteiger partial charge < -0.3 is 76.0 Å². The summed E-state index contributed by atoms with van der Waals surface area (Å²) in [4.78, 5) is 143. The van der Waals surface area contributed by atoms with Crippen LogP contribution in [0.25, 0.3) is 0 Å². The van der Waals surface area contributed by atoms with Gasteiger partial charge in [0.1, 0.15) is 33.5 Å². The van der Waals surface area contributed by atoms with Crippen molar-refractivity contribution in [1.29, 1.82) is 5.26 Å². The molecule has 28 nitrogen and oxygen atoms in total. The van der Waals surface area contributed by atoms with Crippen LogP contribution >= 0.6 is 15.9 Å². The van der Waals surface area contributed by atoms with E-state index in [4.69, 9.17) is 35.6 Å². The average molecular weight is 1830 g/mol. The summed E-state index contributed by atoms with van der Waals surface area (Å²) in [5.41, 5.74) is 19.0. The summed E-state index contributed by atoms with van der Waals surface area (Å²) >= 11 is 3.36. The van der Waals surface area contributed by atoms with Gasteiger partial charge in [0.15, 0.2) is 0 Å². The van der Waals surface area contributed by atoms with Crippen molar-refractivity contribution in [3.05, 3.63) is 215 Å². The Bertz CT molecular complexity index is 4850. The van der Waals surface area contributed by atoms with E-state index in [0.717, 1.165) is 200 Å². The number of halogens is 1. The minimum absolute atomic E-state index is 0.138. The van der Waals surface area contributed by atoms with Crippen LogP contribution in [0, 0.1) is 18.3 Å². The topological polar surface area (TPSA) is 390 Å². The Morgan fingerprint density at radius 3 is 1.11 bits per heavy atom. The van der Waals surface area contributed by atoms with Crippen LogP contribution in [-0.2, 0) is 57.8 Å². The lowest BCUT2D eigenvalue weighted by atomic mass is 9.80. The number of hydrogen-bond donors (Lipinski definition) is 6. The molecule has 29 heteroatoms. The third kappa shape index (κ3) is 27.8. The molecule has 8 N–H and O–H groups in total. The Hall–Kier alpha value is -12.4. The van der Waals surface area contributed by atoms with Gasteiger partial charge >= 0.3 is 36.0 Å². The number of alkyl halides is 1. The maximum absolute atomic E-state index is 12.7. The average Bonchev–Trinajstić information content (AvgIpc) is 1.61. The van der Waals surface area contributed by atoms with Gasteiger partial charge in [-0.05, 0) is 223 Å². The Labute approximate surface area is 766 Å². The number of carbonyl (C=O) groups is 10. The molecule has 0 radical (unpaired) electrons. The minimum atomic E-state index is -0.927. The third-order valence-electron chi connectivity index (χ3n) is 25.2. The van der Waals surface area contributed by atoms with Crippen LogP contribution in [0.2, 0.25) is 0 Å². The van der Waals surface area contributed by atoms with Crippen LogP contribution < -0.4 is 42.1 Å². The molecule has 3 heterocycles. The van der Waals surface area contributed by atoms with Crippen molar-refractivity contribution in [3.8, 4) is 6.07 Å². The van der Waals surface area contributed by atoms with E-state index in [1.54, 1.807) is 82.6 Å². The smallest absolute Gasteiger partial charge is 0.373 e. The van der Waals surface area contributed by atoms with Gasteiger partial charge in [0.2, 0.25) is 23.6 Å². The van der Waals surface area contributed by atoms with Crippen LogP contribution in [0.1, 0.15) is 256 Å². The number of amides is 4. The lowest BCUT2D eigenvalue weighted by Gasteiger charge is -2.39. The summed E-state index contributed by atoms with van der Waals surface area (Å²) in [6, 6.07) is 55.9. The van der Waals surface area contributed by atoms with Crippen molar-refractivity contribution in [1.82, 2.24) is 15.1 Å². The molecule has 9 aliphatic rings. The monoisotopic (exact) mass is 1830 g/mol. The molecule has 4 amide bonds. The number of hydrogen-bond acceptors (Lipinski definition) is 23. The Morgan fingerprint density at radius 1 is 0.450 bits per heavy atom. The van der Waals surface area contributed by atoms with E-state index in [0.29, 0.717) is 48.0 Å². The minimum Gasteiger partial charge on any atom is -0.478 e. The number of ether oxygens (including phenoxy) is 4. The molecule has 0 atom stereocenters. The second-order valence-corrected chi connectivity index (χ2v) is 34.4. The molecule has 3 saturated heterocycles. The number of rotatable bonds is 14. The van der Waals surface area contributed by atoms with E-state index in [2.05, 4.69) is 74.3 Å². The summed E-state index contributed by atoms with van der Waals surface area (Å²) < 4.78 is 18.7. The van der Waals surface area contributed by atoms with Crippen molar-refractivity contribution < 1.29 is 81.6 Å². The number of nitrogens with two attached hydrogens (primary N) is 2. The van der Waals surface area contributed by atoms with E-state index in [9.17, 15) is 53.2 Å². The molecular formula is C100H126BrN11O17. The summed E-state index contributed by atoms with van der Waals surface area (Å²) in [6.45, 7) is 3.76. The maximum atomic E-state index is 12.7. The molecule has 6 aliphatic carbocycles. The number of likely N-dealkylation sites (N-methyl/N-ethyl adjacent to an activating group) is 2. The summed E-state index contributed by atoms with van der Waals surface area (Å²) in [5, 5.41) is 28.9. The standard InChI is InChI=1S/C17H22N2O3.2C16H20N2O3.C15H20N2O3.C15H18N2O2.C7H7Br.C7H9N.C6H10O.CO2/c1-18-12-19(17(16(18)21)10-4-3-5-11-17)14-8-6-13(7-9-14)15(20)22-2;1-21-14(19)12-5-7-13(8-6-12)18-11-17-15(20)16(18)9-3-2-4-10-16;1-17-11-18(13-7-5-12(6-8-13)14(19)20)16(15(17)21)9-3-2-4-10-16;1-20-13(18)11-5-7-12(8-6-11)17-15(14(16)19)9-3-2-4-10-15;1-19-14(18)12-5-7-13(8-6-12)17-15(11-16)9-3-2-4-10-15;8-6-7-4-2-1-3-5-7;1-6-2-4-7(8)5-3-6;7-6-4-2-1-3-5-6;2-1-3/h6-9H,3-5,10-12H2,1-2H3;5-8H,2-4,9-11H2,1H3,(H,17,20);5-8H,2-4,9-11H2,1H3,(H,19,20);5-8,17H,2-4,9-10H2,1H3,(H2,16,19);5-8,17H,2-4,9-10H2,1H3;1-5H,6H2;2-5H,8H2,1H3;1-5H2;. The third-order valence-corrected chi connectivity index (χ3v) is 25.8. The molecule has 3 spiro atoms. The number of primary amides is 1. The fourth-order valence-corrected chi connectivity index (χ4v) is 18.4. The Kier molecular flexibility index (Phi) is 39.8. The van der Waals surface area contributed by atoms with Crippen LogP contribution in [0.3, 0.4) is 0 Å². The zero-order valence-electron chi connectivity index (χ0n) is 75.5. The number of nitrogens with zero attached hydrogens (tertiary/aromatic N) is 6. The lowest BCUT2D eigenvalue weighted by Crippen LogP contribution is -2.51. The van der Waals surface area contributed by atoms with Gasteiger partial charge in [-0.15, -0.1) is 0 Å². The Morgan fingerprint density at radius 2 is 0.783 bits per heavy atom. The second kappa shape index (κ2) is 50.4. The fourth-order valence-electron chi connectivity index (χ4n) is 18.1. The maximum Gasteiger partial charge on any atom is 0.373 e. The fraction of sp³-hybridized carbons (Fsp3) is 0.460. The first-order valence-electron chi connectivity index (χ1n) is 44.5. The highest BCUT2D eigenvalue weighted by molar-refractivity contribution is 9.08. The van der Waals surface area contributed by atoms with Gasteiger partial charge in [0.25, 0.3) is 0 Å². The Balaban J connectivity index is 0.000000186. The van der Waals surface area contributed by atoms with Crippen LogP contribution in [-0.4, -0.2) is 171 Å². The van der Waals surface area contributed by atoms with Gasteiger partial charge in [-0.25, -0.2) is 24.0 Å². The summed E-state index contributed by atoms with van der Waals surface area (Å²) in [5.74, 6) is -1.62. The number of carboxylic acids is 1. The molecule has 6 saturated carbocycles. The number of anilines is 6. The summed E-state index contributed by atoms with van der Waals surface area (Å²) in [7, 11) is 9.16. The molecule has 0 unspecified atom stereocenters. The number of aromatic carboxylic acids is 1. The van der Waals surface area contributed by atoms with Crippen molar-refractivity contribution in [2.45, 2.75) is 233 Å². The molecule has 129 heavy (non-hydrogen) atoms. The number of carbonyl (C=O) groups excluding carboxylic acids is 11. The number of Topliss-reactive ketones (excluding diaryl/α,β-unsaturated/α-hetero) is 1. The van der Waals surface area contributed by atoms with Crippen LogP contribution in [0.15, 0.2) is 176 Å².